The Bertz CT molecular complexity index is 375. The Morgan fingerprint density at radius 2 is 1.93 bits per heavy atom. The highest BCUT2D eigenvalue weighted by atomic mass is 35.5. The van der Waals surface area contributed by atoms with Crippen LogP contribution in [-0.2, 0) is 0 Å². The smallest absolute Gasteiger partial charge is 0.126 e. The predicted molar refractivity (Wildman–Crippen MR) is 66.3 cm³/mol. The van der Waals surface area contributed by atoms with Crippen molar-refractivity contribution in [3.63, 3.8) is 0 Å². The summed E-state index contributed by atoms with van der Waals surface area (Å²) in [6.07, 6.45) is 0. The summed E-state index contributed by atoms with van der Waals surface area (Å²) >= 11 is 16.4. The molecule has 0 aromatic heterocycles. The molecule has 1 aromatic rings. The lowest BCUT2D eigenvalue weighted by Gasteiger charge is -2.16. The van der Waals surface area contributed by atoms with E-state index in [2.05, 4.69) is 5.32 Å². The van der Waals surface area contributed by atoms with Gasteiger partial charge in [0.25, 0.3) is 0 Å². The molecule has 0 saturated heterocycles. The fraction of sp³-hybridized carbons (Fsp3) is 0.222. The van der Waals surface area contributed by atoms with Crippen molar-refractivity contribution in [3.05, 3.63) is 28.0 Å². The molecule has 1 unspecified atom stereocenters. The topological polar surface area (TPSA) is 38.0 Å². The number of halogens is 3. The first-order valence-electron chi connectivity index (χ1n) is 4.12. The molecule has 0 aliphatic rings. The van der Waals surface area contributed by atoms with Crippen LogP contribution in [-0.4, -0.2) is 11.0 Å². The van der Waals surface area contributed by atoms with Gasteiger partial charge in [0.15, 0.2) is 0 Å². The van der Waals surface area contributed by atoms with Gasteiger partial charge < -0.3 is 11.1 Å². The van der Waals surface area contributed by atoms with Crippen LogP contribution >= 0.6 is 35.4 Å². The Morgan fingerprint density at radius 3 is 2.33 bits per heavy atom. The van der Waals surface area contributed by atoms with E-state index in [4.69, 9.17) is 41.2 Å². The molecule has 1 rings (SSSR count). The minimum atomic E-state index is -0.487. The molecule has 3 N–H and O–H groups in total. The van der Waals surface area contributed by atoms with Gasteiger partial charge in [0.1, 0.15) is 5.82 Å². The Morgan fingerprint density at radius 1 is 1.47 bits per heavy atom. The van der Waals surface area contributed by atoms with E-state index in [1.165, 1.54) is 12.1 Å². The van der Waals surface area contributed by atoms with Gasteiger partial charge in [-0.1, -0.05) is 35.4 Å². The van der Waals surface area contributed by atoms with E-state index in [-0.39, 0.29) is 21.1 Å². The van der Waals surface area contributed by atoms with Crippen molar-refractivity contribution < 1.29 is 4.39 Å². The minimum Gasteiger partial charge on any atom is -0.392 e. The molecule has 0 saturated carbocycles. The lowest BCUT2D eigenvalue weighted by atomic mass is 10.2. The molecule has 0 radical (unpaired) electrons. The van der Waals surface area contributed by atoms with Gasteiger partial charge in [-0.25, -0.2) is 4.39 Å². The average Bonchev–Trinajstić information content (AvgIpc) is 2.10. The van der Waals surface area contributed by atoms with Crippen molar-refractivity contribution in [2.45, 2.75) is 13.0 Å². The fourth-order valence-corrected chi connectivity index (χ4v) is 1.60. The molecule has 1 aromatic carbocycles. The highest BCUT2D eigenvalue weighted by molar-refractivity contribution is 7.80. The summed E-state index contributed by atoms with van der Waals surface area (Å²) in [5, 5.41) is 3.30. The Hall–Kier alpha value is -0.580. The normalized spacial score (nSPS) is 12.3. The van der Waals surface area contributed by atoms with Crippen molar-refractivity contribution in [3.8, 4) is 0 Å². The molecule has 15 heavy (non-hydrogen) atoms. The van der Waals surface area contributed by atoms with Crippen LogP contribution in [0.15, 0.2) is 12.1 Å². The molecule has 2 nitrogen and oxygen atoms in total. The summed E-state index contributed by atoms with van der Waals surface area (Å²) in [4.78, 5) is 0.284. The minimum absolute atomic E-state index is 0.197. The molecule has 6 heteroatoms. The number of anilines is 1. The maximum absolute atomic E-state index is 12.9. The van der Waals surface area contributed by atoms with Crippen LogP contribution in [0.3, 0.4) is 0 Å². The molecule has 1 atom stereocenters. The van der Waals surface area contributed by atoms with E-state index < -0.39 is 5.82 Å². The summed E-state index contributed by atoms with van der Waals surface area (Å²) in [6.45, 7) is 1.76. The quantitative estimate of drug-likeness (QED) is 0.826. The lowest BCUT2D eigenvalue weighted by Crippen LogP contribution is -2.31. The van der Waals surface area contributed by atoms with Crippen molar-refractivity contribution in [1.29, 1.82) is 0 Å². The van der Waals surface area contributed by atoms with E-state index >= 15 is 0 Å². The van der Waals surface area contributed by atoms with Crippen LogP contribution in [0.5, 0.6) is 0 Å². The third-order valence-electron chi connectivity index (χ3n) is 1.79. The monoisotopic (exact) mass is 266 g/mol. The van der Waals surface area contributed by atoms with E-state index in [0.29, 0.717) is 5.69 Å². The Balaban J connectivity index is 3.00. The summed E-state index contributed by atoms with van der Waals surface area (Å²) in [5.74, 6) is -0.487. The van der Waals surface area contributed by atoms with Crippen LogP contribution < -0.4 is 11.1 Å². The summed E-state index contributed by atoms with van der Waals surface area (Å²) in [5.41, 5.74) is 5.85. The number of nitrogens with two attached hydrogens (primary N) is 1. The van der Waals surface area contributed by atoms with Crippen molar-refractivity contribution >= 4 is 46.1 Å². The molecule has 82 valence electrons. The Labute approximate surface area is 103 Å². The molecular weight excluding hydrogens is 258 g/mol. The van der Waals surface area contributed by atoms with Gasteiger partial charge in [0.2, 0.25) is 0 Å². The molecule has 0 spiro atoms. The van der Waals surface area contributed by atoms with Crippen molar-refractivity contribution in [2.24, 2.45) is 5.73 Å². The van der Waals surface area contributed by atoms with Gasteiger partial charge in [0, 0.05) is 0 Å². The maximum atomic E-state index is 12.9. The fourth-order valence-electron chi connectivity index (χ4n) is 0.968. The average molecular weight is 267 g/mol. The molecule has 0 fully saturated rings. The molecule has 0 bridgehead atoms. The standard InChI is InChI=1S/C9H9Cl2FN2S/c1-4(9(13)15)14-8-6(10)2-5(12)3-7(8)11/h2-4,14H,1H3,(H2,13,15). The zero-order valence-corrected chi connectivity index (χ0v) is 10.2. The third-order valence-corrected chi connectivity index (χ3v) is 2.74. The first-order chi connectivity index (χ1) is 6.91. The SMILES string of the molecule is CC(Nc1c(Cl)cc(F)cc1Cl)C(N)=S. The highest BCUT2D eigenvalue weighted by Crippen LogP contribution is 2.31. The second-order valence-electron chi connectivity index (χ2n) is 3.01. The van der Waals surface area contributed by atoms with Crippen LogP contribution in [0, 0.1) is 5.82 Å². The first kappa shape index (κ1) is 12.5. The highest BCUT2D eigenvalue weighted by Gasteiger charge is 2.12. The second-order valence-corrected chi connectivity index (χ2v) is 4.30. The lowest BCUT2D eigenvalue weighted by molar-refractivity contribution is 0.628. The zero-order valence-electron chi connectivity index (χ0n) is 7.85. The van der Waals surface area contributed by atoms with E-state index in [0.717, 1.165) is 0 Å². The van der Waals surface area contributed by atoms with E-state index in [9.17, 15) is 4.39 Å². The van der Waals surface area contributed by atoms with Gasteiger partial charge in [-0.05, 0) is 19.1 Å². The first-order valence-corrected chi connectivity index (χ1v) is 5.28. The summed E-state index contributed by atoms with van der Waals surface area (Å²) < 4.78 is 12.9. The van der Waals surface area contributed by atoms with Crippen molar-refractivity contribution in [2.75, 3.05) is 5.32 Å². The number of thiocarbonyl (C=S) groups is 1. The van der Waals surface area contributed by atoms with E-state index in [1.807, 2.05) is 0 Å². The molecule has 0 heterocycles. The van der Waals surface area contributed by atoms with Gasteiger partial charge in [0.05, 0.1) is 26.8 Å². The maximum Gasteiger partial charge on any atom is 0.126 e. The second kappa shape index (κ2) is 4.96. The number of hydrogen-bond donors (Lipinski definition) is 2. The number of rotatable bonds is 3. The number of hydrogen-bond acceptors (Lipinski definition) is 2. The third kappa shape index (κ3) is 3.19. The zero-order chi connectivity index (χ0) is 11.6. The van der Waals surface area contributed by atoms with Gasteiger partial charge in [-0.15, -0.1) is 0 Å². The van der Waals surface area contributed by atoms with Gasteiger partial charge >= 0.3 is 0 Å². The molecule has 0 amide bonds. The predicted octanol–water partition coefficient (Wildman–Crippen LogP) is 3.22. The Kier molecular flexibility index (Phi) is 4.13. The van der Waals surface area contributed by atoms with Gasteiger partial charge in [-0.2, -0.15) is 0 Å². The molecular formula is C9H9Cl2FN2S. The molecule has 0 aliphatic heterocycles. The van der Waals surface area contributed by atoms with Crippen LogP contribution in [0.4, 0.5) is 10.1 Å². The summed E-state index contributed by atoms with van der Waals surface area (Å²) in [7, 11) is 0. The van der Waals surface area contributed by atoms with E-state index in [1.54, 1.807) is 6.92 Å². The van der Waals surface area contributed by atoms with Crippen molar-refractivity contribution in [1.82, 2.24) is 0 Å². The summed E-state index contributed by atoms with van der Waals surface area (Å²) in [6, 6.07) is 2.07. The van der Waals surface area contributed by atoms with Crippen LogP contribution in [0.2, 0.25) is 10.0 Å². The van der Waals surface area contributed by atoms with Gasteiger partial charge in [-0.3, -0.25) is 0 Å². The van der Waals surface area contributed by atoms with Crippen LogP contribution in [0.25, 0.3) is 0 Å². The number of benzene rings is 1. The molecule has 0 aliphatic carbocycles. The van der Waals surface area contributed by atoms with Crippen LogP contribution in [0.1, 0.15) is 6.92 Å². The largest absolute Gasteiger partial charge is 0.392 e. The number of nitrogens with one attached hydrogen (secondary N) is 1.